The third kappa shape index (κ3) is 5.80. The summed E-state index contributed by atoms with van der Waals surface area (Å²) in [6.07, 6.45) is 2.48. The molecule has 9 nitrogen and oxygen atoms in total. The van der Waals surface area contributed by atoms with Crippen molar-refractivity contribution in [2.75, 3.05) is 19.8 Å². The lowest BCUT2D eigenvalue weighted by atomic mass is 10.1. The van der Waals surface area contributed by atoms with E-state index in [1.807, 2.05) is 32.5 Å². The minimum absolute atomic E-state index is 0.0167. The van der Waals surface area contributed by atoms with Gasteiger partial charge in [-0.3, -0.25) is 9.48 Å². The van der Waals surface area contributed by atoms with Gasteiger partial charge in [-0.15, -0.1) is 0 Å². The molecule has 1 amide bonds. The first-order valence-electron chi connectivity index (χ1n) is 10.9. The van der Waals surface area contributed by atoms with E-state index in [4.69, 9.17) is 9.47 Å². The molecule has 0 aliphatic carbocycles. The van der Waals surface area contributed by atoms with Crippen LogP contribution in [0.3, 0.4) is 0 Å². The number of nitrogens with zero attached hydrogens (tertiary/aromatic N) is 2. The second-order valence-corrected chi connectivity index (χ2v) is 9.78. The van der Waals surface area contributed by atoms with Crippen molar-refractivity contribution in [2.24, 2.45) is 7.05 Å². The second-order valence-electron chi connectivity index (χ2n) is 8.01. The molecule has 1 atom stereocenters. The summed E-state index contributed by atoms with van der Waals surface area (Å²) in [5.41, 5.74) is 3.01. The Bertz CT molecular complexity index is 1060. The summed E-state index contributed by atoms with van der Waals surface area (Å²) >= 11 is 0. The average Bonchev–Trinajstić information content (AvgIpc) is 3.01. The maximum absolute atomic E-state index is 12.5. The normalized spacial score (nSPS) is 14.2. The molecule has 2 aromatic rings. The smallest absolute Gasteiger partial charge is 0.240 e. The van der Waals surface area contributed by atoms with Crippen LogP contribution in [0.4, 0.5) is 0 Å². The highest BCUT2D eigenvalue weighted by Gasteiger charge is 2.20. The van der Waals surface area contributed by atoms with Crippen molar-refractivity contribution < 1.29 is 22.7 Å². The Kier molecular flexibility index (Phi) is 7.78. The lowest BCUT2D eigenvalue weighted by molar-refractivity contribution is -0.121. The first-order valence-corrected chi connectivity index (χ1v) is 12.4. The highest BCUT2D eigenvalue weighted by atomic mass is 32.2. The summed E-state index contributed by atoms with van der Waals surface area (Å²) in [5, 5.41) is 7.42. The SMILES string of the molecule is Cc1nn(C)c(C)c1C(C)NC(=O)CCCCCNS(=O)(=O)c1ccc2c(c1)OCCO2. The van der Waals surface area contributed by atoms with Gasteiger partial charge in [0.2, 0.25) is 15.9 Å². The van der Waals surface area contributed by atoms with E-state index in [0.717, 1.165) is 23.4 Å². The summed E-state index contributed by atoms with van der Waals surface area (Å²) in [7, 11) is -1.73. The van der Waals surface area contributed by atoms with Gasteiger partial charge in [-0.2, -0.15) is 5.10 Å². The molecule has 0 radical (unpaired) electrons. The number of hydrogen-bond acceptors (Lipinski definition) is 6. The van der Waals surface area contributed by atoms with Crippen LogP contribution < -0.4 is 19.5 Å². The van der Waals surface area contributed by atoms with E-state index in [2.05, 4.69) is 15.1 Å². The Morgan fingerprint density at radius 3 is 2.56 bits per heavy atom. The monoisotopic (exact) mass is 464 g/mol. The molecule has 0 fully saturated rings. The second kappa shape index (κ2) is 10.4. The maximum Gasteiger partial charge on any atom is 0.240 e. The zero-order valence-electron chi connectivity index (χ0n) is 19.1. The van der Waals surface area contributed by atoms with Gasteiger partial charge >= 0.3 is 0 Å². The van der Waals surface area contributed by atoms with Gasteiger partial charge in [0.15, 0.2) is 11.5 Å². The van der Waals surface area contributed by atoms with Gasteiger partial charge < -0.3 is 14.8 Å². The number of ether oxygens (including phenoxy) is 2. The van der Waals surface area contributed by atoms with Gasteiger partial charge in [0.1, 0.15) is 13.2 Å². The van der Waals surface area contributed by atoms with E-state index >= 15 is 0 Å². The van der Waals surface area contributed by atoms with Gasteiger partial charge in [0.05, 0.1) is 16.6 Å². The molecule has 1 aromatic carbocycles. The molecule has 176 valence electrons. The molecule has 1 unspecified atom stereocenters. The topological polar surface area (TPSA) is 112 Å². The number of aryl methyl sites for hydroxylation is 2. The Balaban J connectivity index is 1.37. The number of carbonyl (C=O) groups excluding carboxylic acids is 1. The molecule has 32 heavy (non-hydrogen) atoms. The lowest BCUT2D eigenvalue weighted by Crippen LogP contribution is -2.27. The van der Waals surface area contributed by atoms with E-state index < -0.39 is 10.0 Å². The van der Waals surface area contributed by atoms with Crippen molar-refractivity contribution in [3.63, 3.8) is 0 Å². The number of nitrogens with one attached hydrogen (secondary N) is 2. The Labute approximate surface area is 189 Å². The average molecular weight is 465 g/mol. The molecular weight excluding hydrogens is 432 g/mol. The minimum atomic E-state index is -3.62. The fraction of sp³-hybridized carbons (Fsp3) is 0.545. The molecule has 2 heterocycles. The summed E-state index contributed by atoms with van der Waals surface area (Å²) < 4.78 is 40.3. The molecule has 10 heteroatoms. The number of amides is 1. The van der Waals surface area contributed by atoms with Crippen molar-refractivity contribution in [2.45, 2.75) is 57.4 Å². The molecule has 0 spiro atoms. The van der Waals surface area contributed by atoms with Crippen molar-refractivity contribution in [3.05, 3.63) is 35.2 Å². The van der Waals surface area contributed by atoms with Crippen LogP contribution in [0.15, 0.2) is 23.1 Å². The van der Waals surface area contributed by atoms with E-state index in [1.165, 1.54) is 12.1 Å². The molecular formula is C22H32N4O5S. The number of carbonyl (C=O) groups is 1. The van der Waals surface area contributed by atoms with Gasteiger partial charge in [-0.1, -0.05) is 6.42 Å². The van der Waals surface area contributed by atoms with E-state index in [9.17, 15) is 13.2 Å². The lowest BCUT2D eigenvalue weighted by Gasteiger charge is -2.18. The summed E-state index contributed by atoms with van der Waals surface area (Å²) in [6.45, 7) is 7.06. The van der Waals surface area contributed by atoms with Crippen LogP contribution in [0.1, 0.15) is 55.6 Å². The zero-order chi connectivity index (χ0) is 23.3. The van der Waals surface area contributed by atoms with Crippen LogP contribution in [0.25, 0.3) is 0 Å². The van der Waals surface area contributed by atoms with Gasteiger partial charge in [0.25, 0.3) is 0 Å². The Morgan fingerprint density at radius 2 is 1.88 bits per heavy atom. The molecule has 2 N–H and O–H groups in total. The van der Waals surface area contributed by atoms with Crippen LogP contribution in [-0.4, -0.2) is 43.9 Å². The third-order valence-corrected chi connectivity index (χ3v) is 7.03. The Morgan fingerprint density at radius 1 is 1.16 bits per heavy atom. The number of benzene rings is 1. The molecule has 0 saturated carbocycles. The zero-order valence-corrected chi connectivity index (χ0v) is 19.9. The van der Waals surface area contributed by atoms with Crippen molar-refractivity contribution >= 4 is 15.9 Å². The fourth-order valence-electron chi connectivity index (χ4n) is 3.87. The van der Waals surface area contributed by atoms with Crippen LogP contribution in [0.2, 0.25) is 0 Å². The first-order chi connectivity index (χ1) is 15.2. The highest BCUT2D eigenvalue weighted by Crippen LogP contribution is 2.32. The van der Waals surface area contributed by atoms with Gasteiger partial charge in [-0.25, -0.2) is 13.1 Å². The predicted octanol–water partition coefficient (Wildman–Crippen LogP) is 2.52. The fourth-order valence-corrected chi connectivity index (χ4v) is 4.96. The number of unbranched alkanes of at least 4 members (excludes halogenated alkanes) is 2. The maximum atomic E-state index is 12.5. The minimum Gasteiger partial charge on any atom is -0.486 e. The quantitative estimate of drug-likeness (QED) is 0.523. The van der Waals surface area contributed by atoms with Crippen molar-refractivity contribution in [1.29, 1.82) is 0 Å². The van der Waals surface area contributed by atoms with Crippen molar-refractivity contribution in [1.82, 2.24) is 19.8 Å². The van der Waals surface area contributed by atoms with E-state index in [-0.39, 0.29) is 16.8 Å². The molecule has 0 bridgehead atoms. The highest BCUT2D eigenvalue weighted by molar-refractivity contribution is 7.89. The molecule has 0 saturated heterocycles. The van der Waals surface area contributed by atoms with Gasteiger partial charge in [-0.05, 0) is 45.7 Å². The number of hydrogen-bond donors (Lipinski definition) is 2. The summed E-state index contributed by atoms with van der Waals surface area (Å²) in [4.78, 5) is 12.4. The predicted molar refractivity (Wildman–Crippen MR) is 120 cm³/mol. The molecule has 1 aliphatic heterocycles. The molecule has 1 aliphatic rings. The van der Waals surface area contributed by atoms with Crippen molar-refractivity contribution in [3.8, 4) is 11.5 Å². The number of sulfonamides is 1. The van der Waals surface area contributed by atoms with Gasteiger partial charge in [0, 0.05) is 37.3 Å². The van der Waals surface area contributed by atoms with Crippen LogP contribution >= 0.6 is 0 Å². The molecule has 1 aromatic heterocycles. The molecule has 3 rings (SSSR count). The van der Waals surface area contributed by atoms with E-state index in [1.54, 1.807) is 6.07 Å². The number of rotatable bonds is 10. The van der Waals surface area contributed by atoms with Crippen LogP contribution in [0, 0.1) is 13.8 Å². The van der Waals surface area contributed by atoms with Crippen LogP contribution in [0.5, 0.6) is 11.5 Å². The standard InChI is InChI=1S/C22H32N4O5S/c1-15(22-16(2)25-26(4)17(22)3)24-21(27)8-6-5-7-11-23-32(28,29)18-9-10-19-20(14-18)31-13-12-30-19/h9-10,14-15,23H,5-8,11-13H2,1-4H3,(H,24,27). The first kappa shape index (κ1) is 24.1. The summed E-state index contributed by atoms with van der Waals surface area (Å²) in [5.74, 6) is 0.977. The van der Waals surface area contributed by atoms with E-state index in [0.29, 0.717) is 50.5 Å². The summed E-state index contributed by atoms with van der Waals surface area (Å²) in [6, 6.07) is 4.49. The Hall–Kier alpha value is -2.59. The number of aromatic nitrogens is 2. The van der Waals surface area contributed by atoms with Crippen LogP contribution in [-0.2, 0) is 21.9 Å². The largest absolute Gasteiger partial charge is 0.486 e. The third-order valence-electron chi connectivity index (χ3n) is 5.57. The number of fused-ring (bicyclic) bond motifs is 1.